The van der Waals surface area contributed by atoms with Crippen LogP contribution in [0.3, 0.4) is 0 Å². The largest absolute Gasteiger partial charge is 0.350 e. The molecule has 26 heavy (non-hydrogen) atoms. The van der Waals surface area contributed by atoms with Crippen LogP contribution in [-0.4, -0.2) is 38.5 Å². The Kier molecular flexibility index (Phi) is 6.36. The van der Waals surface area contributed by atoms with E-state index < -0.39 is 10.8 Å². The molecule has 0 unspecified atom stereocenters. The van der Waals surface area contributed by atoms with Crippen molar-refractivity contribution < 1.29 is 14.5 Å². The molecule has 0 aliphatic carbocycles. The summed E-state index contributed by atoms with van der Waals surface area (Å²) < 4.78 is 0. The third-order valence-corrected chi connectivity index (χ3v) is 3.50. The Morgan fingerprint density at radius 2 is 2.12 bits per heavy atom. The van der Waals surface area contributed by atoms with Crippen LogP contribution in [0, 0.1) is 17.0 Å². The number of carbonyl (C=O) groups is 2. The van der Waals surface area contributed by atoms with Gasteiger partial charge in [-0.1, -0.05) is 19.4 Å². The first kappa shape index (κ1) is 19.0. The topological polar surface area (TPSA) is 143 Å². The Labute approximate surface area is 149 Å². The van der Waals surface area contributed by atoms with E-state index in [9.17, 15) is 19.7 Å². The molecule has 2 amide bonds. The minimum atomic E-state index is -0.697. The Hall–Kier alpha value is -3.30. The minimum Gasteiger partial charge on any atom is -0.350 e. The predicted octanol–water partition coefficient (Wildman–Crippen LogP) is 1.73. The highest BCUT2D eigenvalue weighted by Gasteiger charge is 2.28. The molecule has 0 spiro atoms. The summed E-state index contributed by atoms with van der Waals surface area (Å²) in [5.41, 5.74) is 0.479. The van der Waals surface area contributed by atoms with E-state index in [-0.39, 0.29) is 30.3 Å². The number of aromatic nitrogens is 3. The number of nitrogens with zero attached hydrogens (tertiary/aromatic N) is 3. The summed E-state index contributed by atoms with van der Waals surface area (Å²) in [5, 5.41) is 22.6. The number of pyridine rings is 1. The maximum absolute atomic E-state index is 12.1. The van der Waals surface area contributed by atoms with Crippen molar-refractivity contribution in [2.75, 3.05) is 11.9 Å². The molecule has 0 aliphatic heterocycles. The first-order valence-electron chi connectivity index (χ1n) is 8.15. The molecule has 3 N–H and O–H groups in total. The summed E-state index contributed by atoms with van der Waals surface area (Å²) in [6.45, 7) is 3.69. The molecular weight excluding hydrogens is 340 g/mol. The number of nitro groups is 1. The number of hydrogen-bond acceptors (Lipinski definition) is 6. The van der Waals surface area contributed by atoms with Gasteiger partial charge in [-0.25, -0.2) is 4.98 Å². The zero-order valence-corrected chi connectivity index (χ0v) is 14.5. The van der Waals surface area contributed by atoms with Gasteiger partial charge in [0.15, 0.2) is 0 Å². The van der Waals surface area contributed by atoms with Gasteiger partial charge in [-0.05, 0) is 25.5 Å². The number of H-pyrrole nitrogens is 1. The van der Waals surface area contributed by atoms with Crippen LogP contribution in [-0.2, 0) is 11.2 Å². The van der Waals surface area contributed by atoms with Gasteiger partial charge in [0, 0.05) is 18.7 Å². The van der Waals surface area contributed by atoms with E-state index in [1.807, 2.05) is 6.92 Å². The highest BCUT2D eigenvalue weighted by Crippen LogP contribution is 2.22. The smallest absolute Gasteiger partial charge is 0.322 e. The summed E-state index contributed by atoms with van der Waals surface area (Å²) in [6.07, 6.45) is 1.10. The van der Waals surface area contributed by atoms with E-state index in [1.165, 1.54) is 0 Å². The monoisotopic (exact) mass is 360 g/mol. The van der Waals surface area contributed by atoms with Gasteiger partial charge >= 0.3 is 5.69 Å². The second-order valence-corrected chi connectivity index (χ2v) is 5.62. The second kappa shape index (κ2) is 8.70. The lowest BCUT2D eigenvalue weighted by atomic mass is 10.2. The summed E-state index contributed by atoms with van der Waals surface area (Å²) in [4.78, 5) is 38.7. The van der Waals surface area contributed by atoms with E-state index in [2.05, 4.69) is 25.8 Å². The molecule has 0 fully saturated rings. The van der Waals surface area contributed by atoms with Crippen LogP contribution in [0.2, 0.25) is 0 Å². The van der Waals surface area contributed by atoms with Gasteiger partial charge < -0.3 is 10.6 Å². The van der Waals surface area contributed by atoms with Crippen molar-refractivity contribution >= 4 is 23.3 Å². The third-order valence-electron chi connectivity index (χ3n) is 3.50. The van der Waals surface area contributed by atoms with Crippen molar-refractivity contribution in [1.82, 2.24) is 20.5 Å². The molecule has 0 saturated carbocycles. The van der Waals surface area contributed by atoms with Crippen molar-refractivity contribution in [3.05, 3.63) is 45.4 Å². The van der Waals surface area contributed by atoms with Crippen molar-refractivity contribution in [1.29, 1.82) is 0 Å². The average Bonchev–Trinajstić information content (AvgIpc) is 2.99. The van der Waals surface area contributed by atoms with Crippen LogP contribution in [0.15, 0.2) is 18.2 Å². The van der Waals surface area contributed by atoms with Crippen molar-refractivity contribution in [2.24, 2.45) is 0 Å². The lowest BCUT2D eigenvalue weighted by molar-refractivity contribution is -0.385. The Bertz CT molecular complexity index is 817. The minimum absolute atomic E-state index is 0.00139. The maximum Gasteiger partial charge on any atom is 0.322 e. The van der Waals surface area contributed by atoms with Gasteiger partial charge in [0.05, 0.1) is 4.92 Å². The van der Waals surface area contributed by atoms with Crippen molar-refractivity contribution in [2.45, 2.75) is 33.1 Å². The average molecular weight is 360 g/mol. The summed E-state index contributed by atoms with van der Waals surface area (Å²) in [6, 6.07) is 5.23. The third kappa shape index (κ3) is 4.85. The number of anilines is 1. The molecule has 0 saturated heterocycles. The molecule has 0 bridgehead atoms. The molecule has 0 radical (unpaired) electrons. The number of aryl methyl sites for hydroxylation is 2. The summed E-state index contributed by atoms with van der Waals surface area (Å²) in [5.74, 6) is -0.600. The van der Waals surface area contributed by atoms with E-state index in [1.54, 1.807) is 25.1 Å². The van der Waals surface area contributed by atoms with Crippen LogP contribution in [0.1, 0.15) is 41.6 Å². The van der Waals surface area contributed by atoms with Crippen LogP contribution >= 0.6 is 0 Å². The Balaban J connectivity index is 1.90. The number of carbonyl (C=O) groups excluding carboxylic acids is 2. The molecule has 0 aromatic carbocycles. The fraction of sp³-hybridized carbons (Fsp3) is 0.375. The van der Waals surface area contributed by atoms with E-state index >= 15 is 0 Å². The van der Waals surface area contributed by atoms with Gasteiger partial charge in [0.25, 0.3) is 5.91 Å². The highest BCUT2D eigenvalue weighted by atomic mass is 16.6. The lowest BCUT2D eigenvalue weighted by Crippen LogP contribution is -2.28. The van der Waals surface area contributed by atoms with Crippen molar-refractivity contribution in [3.63, 3.8) is 0 Å². The Morgan fingerprint density at radius 3 is 2.77 bits per heavy atom. The number of hydrogen-bond donors (Lipinski definition) is 3. The zero-order valence-electron chi connectivity index (χ0n) is 14.5. The molecule has 2 heterocycles. The molecule has 138 valence electrons. The van der Waals surface area contributed by atoms with Gasteiger partial charge in [-0.3, -0.25) is 24.8 Å². The molecule has 2 aromatic heterocycles. The summed E-state index contributed by atoms with van der Waals surface area (Å²) in [7, 11) is 0. The summed E-state index contributed by atoms with van der Waals surface area (Å²) >= 11 is 0. The number of nitrogens with one attached hydrogen (secondary N) is 3. The van der Waals surface area contributed by atoms with Crippen molar-refractivity contribution in [3.8, 4) is 0 Å². The molecule has 10 nitrogen and oxygen atoms in total. The fourth-order valence-electron chi connectivity index (χ4n) is 2.34. The first-order chi connectivity index (χ1) is 12.4. The normalized spacial score (nSPS) is 10.4. The van der Waals surface area contributed by atoms with Crippen LogP contribution in [0.25, 0.3) is 0 Å². The second-order valence-electron chi connectivity index (χ2n) is 5.62. The SMILES string of the molecule is CCCc1[nH]nc(C(=O)NCCC(=O)Nc2cccc(C)n2)c1[N+](=O)[O-]. The van der Waals surface area contributed by atoms with E-state index in [0.717, 1.165) is 5.69 Å². The fourth-order valence-corrected chi connectivity index (χ4v) is 2.34. The molecule has 10 heteroatoms. The highest BCUT2D eigenvalue weighted by molar-refractivity contribution is 5.97. The van der Waals surface area contributed by atoms with Crippen LogP contribution in [0.5, 0.6) is 0 Å². The molecule has 0 aliphatic rings. The number of rotatable bonds is 8. The first-order valence-corrected chi connectivity index (χ1v) is 8.15. The Morgan fingerprint density at radius 1 is 1.35 bits per heavy atom. The van der Waals surface area contributed by atoms with Crippen LogP contribution < -0.4 is 10.6 Å². The van der Waals surface area contributed by atoms with Gasteiger partial charge in [0.1, 0.15) is 11.5 Å². The van der Waals surface area contributed by atoms with Gasteiger partial charge in [-0.15, -0.1) is 0 Å². The lowest BCUT2D eigenvalue weighted by Gasteiger charge is -2.06. The maximum atomic E-state index is 12.1. The van der Waals surface area contributed by atoms with E-state index in [0.29, 0.717) is 24.4 Å². The van der Waals surface area contributed by atoms with Crippen LogP contribution in [0.4, 0.5) is 11.5 Å². The van der Waals surface area contributed by atoms with E-state index in [4.69, 9.17) is 0 Å². The molecular formula is C16H20N6O4. The van der Waals surface area contributed by atoms with Gasteiger partial charge in [-0.2, -0.15) is 5.10 Å². The molecule has 2 aromatic rings. The standard InChI is InChI=1S/C16H20N6O4/c1-3-5-11-15(22(25)26)14(21-20-11)16(24)17-9-8-13(23)19-12-7-4-6-10(2)18-12/h4,6-7H,3,5,8-9H2,1-2H3,(H,17,24)(H,20,21)(H,18,19,23). The van der Waals surface area contributed by atoms with Gasteiger partial charge in [0.2, 0.25) is 11.6 Å². The molecule has 2 rings (SSSR count). The zero-order chi connectivity index (χ0) is 19.1. The quantitative estimate of drug-likeness (QED) is 0.483. The number of amides is 2. The molecule has 0 atom stereocenters. The number of aromatic amines is 1. The predicted molar refractivity (Wildman–Crippen MR) is 93.8 cm³/mol.